The van der Waals surface area contributed by atoms with Crippen molar-refractivity contribution >= 4 is 11.8 Å². The third-order valence-corrected chi connectivity index (χ3v) is 5.68. The summed E-state index contributed by atoms with van der Waals surface area (Å²) in [7, 11) is 0. The van der Waals surface area contributed by atoms with Gasteiger partial charge in [-0.3, -0.25) is 24.1 Å². The molecule has 4 rings (SSSR count). The van der Waals surface area contributed by atoms with Crippen molar-refractivity contribution < 1.29 is 23.5 Å². The molecule has 0 radical (unpaired) electrons. The van der Waals surface area contributed by atoms with Crippen molar-refractivity contribution in [3.05, 3.63) is 74.7 Å². The number of pyridine rings is 1. The van der Waals surface area contributed by atoms with Crippen LogP contribution >= 0.6 is 0 Å². The predicted molar refractivity (Wildman–Crippen MR) is 112 cm³/mol. The predicted octanol–water partition coefficient (Wildman–Crippen LogP) is 1.77. The van der Waals surface area contributed by atoms with Gasteiger partial charge in [0.05, 0.1) is 0 Å². The maximum absolute atomic E-state index is 14.1. The Balaban J connectivity index is 1.70. The van der Waals surface area contributed by atoms with Crippen LogP contribution in [0.1, 0.15) is 45.3 Å². The van der Waals surface area contributed by atoms with Crippen LogP contribution in [0.2, 0.25) is 0 Å². The first-order valence-corrected chi connectivity index (χ1v) is 10.1. The van der Waals surface area contributed by atoms with Crippen LogP contribution in [-0.4, -0.2) is 45.8 Å². The number of amides is 2. The van der Waals surface area contributed by atoms with Crippen LogP contribution in [0.3, 0.4) is 0 Å². The SMILES string of the molecule is Cc1cc(F)c(CNC(=O)c2cn3c(c(O)c2=O)C(=O)N2C/C=C\C[C@@H](C)N3C2)c(F)c1. The van der Waals surface area contributed by atoms with Gasteiger partial charge in [0, 0.05) is 30.9 Å². The zero-order valence-corrected chi connectivity index (χ0v) is 17.6. The highest BCUT2D eigenvalue weighted by molar-refractivity contribution is 5.99. The van der Waals surface area contributed by atoms with Crippen LogP contribution in [0.5, 0.6) is 5.75 Å². The Kier molecular flexibility index (Phi) is 5.45. The topological polar surface area (TPSA) is 94.9 Å². The summed E-state index contributed by atoms with van der Waals surface area (Å²) in [4.78, 5) is 39.7. The number of fused-ring (bicyclic) bond motifs is 4. The zero-order valence-electron chi connectivity index (χ0n) is 17.6. The third-order valence-electron chi connectivity index (χ3n) is 5.68. The lowest BCUT2D eigenvalue weighted by atomic mass is 10.1. The number of hydrogen-bond donors (Lipinski definition) is 2. The Bertz CT molecular complexity index is 1180. The molecule has 168 valence electrons. The lowest BCUT2D eigenvalue weighted by Crippen LogP contribution is -2.58. The van der Waals surface area contributed by atoms with Crippen molar-refractivity contribution in [2.24, 2.45) is 0 Å². The van der Waals surface area contributed by atoms with Crippen molar-refractivity contribution in [1.29, 1.82) is 0 Å². The normalized spacial score (nSPS) is 18.6. The minimum Gasteiger partial charge on any atom is -0.502 e. The van der Waals surface area contributed by atoms with Gasteiger partial charge >= 0.3 is 0 Å². The highest BCUT2D eigenvalue weighted by atomic mass is 19.1. The number of aromatic nitrogens is 1. The van der Waals surface area contributed by atoms with Crippen LogP contribution in [0.25, 0.3) is 0 Å². The molecule has 2 bridgehead atoms. The van der Waals surface area contributed by atoms with E-state index in [2.05, 4.69) is 5.32 Å². The molecule has 1 atom stereocenters. The molecule has 0 spiro atoms. The van der Waals surface area contributed by atoms with E-state index in [1.54, 1.807) is 5.01 Å². The van der Waals surface area contributed by atoms with Gasteiger partial charge in [-0.2, -0.15) is 0 Å². The van der Waals surface area contributed by atoms with Crippen molar-refractivity contribution in [1.82, 2.24) is 14.9 Å². The minimum atomic E-state index is -1.03. The molecule has 0 aliphatic carbocycles. The molecule has 32 heavy (non-hydrogen) atoms. The van der Waals surface area contributed by atoms with Crippen molar-refractivity contribution in [3.8, 4) is 5.75 Å². The summed E-state index contributed by atoms with van der Waals surface area (Å²) in [6, 6.07) is 2.17. The molecule has 0 unspecified atom stereocenters. The molecular weight excluding hydrogens is 422 g/mol. The highest BCUT2D eigenvalue weighted by Crippen LogP contribution is 2.24. The summed E-state index contributed by atoms with van der Waals surface area (Å²) >= 11 is 0. The summed E-state index contributed by atoms with van der Waals surface area (Å²) < 4.78 is 29.5. The van der Waals surface area contributed by atoms with E-state index < -0.39 is 46.7 Å². The number of nitrogens with zero attached hydrogens (tertiary/aromatic N) is 3. The second kappa shape index (κ2) is 8.10. The number of rotatable bonds is 3. The lowest BCUT2D eigenvalue weighted by Gasteiger charge is -2.43. The summed E-state index contributed by atoms with van der Waals surface area (Å²) in [5, 5.41) is 14.6. The van der Waals surface area contributed by atoms with Crippen molar-refractivity contribution in [2.75, 3.05) is 18.2 Å². The smallest absolute Gasteiger partial charge is 0.278 e. The molecule has 2 aliphatic heterocycles. The average Bonchev–Trinajstić information content (AvgIpc) is 2.72. The molecule has 0 saturated heterocycles. The van der Waals surface area contributed by atoms with Crippen LogP contribution in [0.4, 0.5) is 8.78 Å². The first-order valence-electron chi connectivity index (χ1n) is 10.1. The quantitative estimate of drug-likeness (QED) is 0.704. The summed E-state index contributed by atoms with van der Waals surface area (Å²) in [6.07, 6.45) is 5.62. The van der Waals surface area contributed by atoms with Crippen LogP contribution in [0.15, 0.2) is 35.3 Å². The van der Waals surface area contributed by atoms with Crippen molar-refractivity contribution in [2.45, 2.75) is 32.9 Å². The number of hydrogen-bond acceptors (Lipinski definition) is 5. The number of aryl methyl sites for hydroxylation is 1. The van der Waals surface area contributed by atoms with Crippen LogP contribution < -0.4 is 15.8 Å². The molecule has 2 aliphatic rings. The number of halogens is 2. The molecule has 2 aromatic rings. The Labute approximate surface area is 182 Å². The van der Waals surface area contributed by atoms with E-state index in [-0.39, 0.29) is 24.0 Å². The summed E-state index contributed by atoms with van der Waals surface area (Å²) in [5.41, 5.74) is -1.65. The molecule has 10 heteroatoms. The van der Waals surface area contributed by atoms with Crippen LogP contribution in [0, 0.1) is 18.6 Å². The van der Waals surface area contributed by atoms with E-state index in [1.807, 2.05) is 19.1 Å². The van der Waals surface area contributed by atoms with E-state index in [4.69, 9.17) is 0 Å². The summed E-state index contributed by atoms with van der Waals surface area (Å²) in [5.74, 6) is -3.94. The molecule has 1 aromatic carbocycles. The van der Waals surface area contributed by atoms with Gasteiger partial charge in [0.15, 0.2) is 11.4 Å². The Morgan fingerprint density at radius 3 is 2.59 bits per heavy atom. The van der Waals surface area contributed by atoms with Gasteiger partial charge in [-0.25, -0.2) is 8.78 Å². The van der Waals surface area contributed by atoms with E-state index in [0.29, 0.717) is 18.5 Å². The van der Waals surface area contributed by atoms with Gasteiger partial charge in [0.25, 0.3) is 11.8 Å². The monoisotopic (exact) mass is 444 g/mol. The number of carbonyl (C=O) groups is 2. The fourth-order valence-corrected chi connectivity index (χ4v) is 3.88. The number of aromatic hydroxyl groups is 1. The largest absolute Gasteiger partial charge is 0.502 e. The maximum Gasteiger partial charge on any atom is 0.278 e. The molecule has 0 saturated carbocycles. The average molecular weight is 444 g/mol. The Morgan fingerprint density at radius 2 is 1.91 bits per heavy atom. The van der Waals surface area contributed by atoms with Gasteiger partial charge in [-0.05, 0) is 38.0 Å². The standard InChI is InChI=1S/C22H22F2N4O4/c1-12-7-16(23)14(17(24)8-12)9-25-21(31)15-10-27-18(20(30)19(15)29)22(32)26-6-4-3-5-13(2)28(27)11-26/h3-4,7-8,10,13,30H,5-6,9,11H2,1-2H3,(H,25,31)/b4-3-/t13-/m1/s1. The van der Waals surface area contributed by atoms with E-state index in [0.717, 1.165) is 12.1 Å². The maximum atomic E-state index is 14.1. The highest BCUT2D eigenvalue weighted by Gasteiger charge is 2.36. The van der Waals surface area contributed by atoms with Gasteiger partial charge in [-0.15, -0.1) is 0 Å². The molecule has 8 nitrogen and oxygen atoms in total. The lowest BCUT2D eigenvalue weighted by molar-refractivity contribution is 0.0694. The van der Waals surface area contributed by atoms with E-state index >= 15 is 0 Å². The second-order valence-corrected chi connectivity index (χ2v) is 7.97. The second-order valence-electron chi connectivity index (χ2n) is 7.97. The first kappa shape index (κ1) is 21.5. The summed E-state index contributed by atoms with van der Waals surface area (Å²) in [6.45, 7) is 3.49. The third kappa shape index (κ3) is 3.61. The molecule has 2 amide bonds. The molecule has 2 N–H and O–H groups in total. The number of benzene rings is 1. The van der Waals surface area contributed by atoms with Gasteiger partial charge < -0.3 is 15.3 Å². The molecule has 3 heterocycles. The Hall–Kier alpha value is -3.69. The van der Waals surface area contributed by atoms with Crippen LogP contribution in [-0.2, 0) is 6.54 Å². The fourth-order valence-electron chi connectivity index (χ4n) is 3.88. The van der Waals surface area contributed by atoms with E-state index in [1.165, 1.54) is 22.7 Å². The Morgan fingerprint density at radius 1 is 1.22 bits per heavy atom. The first-order chi connectivity index (χ1) is 15.2. The minimum absolute atomic E-state index is 0.102. The van der Waals surface area contributed by atoms with E-state index in [9.17, 15) is 28.3 Å². The molecular formula is C22H22F2N4O4. The number of nitrogens with one attached hydrogen (secondary N) is 1. The molecule has 0 fully saturated rings. The van der Waals surface area contributed by atoms with Gasteiger partial charge in [0.1, 0.15) is 23.9 Å². The van der Waals surface area contributed by atoms with Crippen molar-refractivity contribution in [3.63, 3.8) is 0 Å². The molecule has 1 aromatic heterocycles. The number of carbonyl (C=O) groups excluding carboxylic acids is 2. The van der Waals surface area contributed by atoms with Gasteiger partial charge in [-0.1, -0.05) is 12.2 Å². The zero-order chi connectivity index (χ0) is 23.2. The fraction of sp³-hybridized carbons (Fsp3) is 0.318. The van der Waals surface area contributed by atoms with Gasteiger partial charge in [0.2, 0.25) is 5.43 Å².